The second kappa shape index (κ2) is 25.2. The highest BCUT2D eigenvalue weighted by atomic mass is 79.9. The fourth-order valence-electron chi connectivity index (χ4n) is 10.0. The molecule has 4 heterocycles. The van der Waals surface area contributed by atoms with E-state index in [1.165, 1.54) is 107 Å². The van der Waals surface area contributed by atoms with E-state index in [1.807, 2.05) is 12.1 Å². The van der Waals surface area contributed by atoms with Crippen molar-refractivity contribution in [2.45, 2.75) is 70.8 Å². The van der Waals surface area contributed by atoms with E-state index in [4.69, 9.17) is 27.9 Å². The largest absolute Gasteiger partial charge is 0.496 e. The first-order valence-electron chi connectivity index (χ1n) is 23.9. The van der Waals surface area contributed by atoms with E-state index in [0.29, 0.717) is 67.1 Å². The molecule has 4 fully saturated rings. The number of hydrogen-bond donors (Lipinski definition) is 4. The van der Waals surface area contributed by atoms with Crippen LogP contribution in [-0.4, -0.2) is 86.7 Å². The first-order chi connectivity index (χ1) is 34.4. The van der Waals surface area contributed by atoms with E-state index in [1.54, 1.807) is 49.6 Å². The molecule has 0 bridgehead atoms. The van der Waals surface area contributed by atoms with Crippen LogP contribution in [0.4, 0.5) is 31.8 Å². The number of carbonyl (C=O) groups excluding carboxylic acids is 2. The van der Waals surface area contributed by atoms with E-state index >= 15 is 0 Å². The number of likely N-dealkylation sites (tertiary alicyclic amines) is 1. The molecule has 2 aromatic heterocycles. The fraction of sp³-hybridized carbons (Fsp3) is 0.370. The van der Waals surface area contributed by atoms with Crippen molar-refractivity contribution in [3.05, 3.63) is 136 Å². The summed E-state index contributed by atoms with van der Waals surface area (Å²) >= 11 is 15.0. The van der Waals surface area contributed by atoms with E-state index in [9.17, 15) is 23.5 Å². The Morgan fingerprint density at radius 3 is 1.74 bits per heavy atom. The topological polar surface area (TPSA) is 154 Å². The van der Waals surface area contributed by atoms with Crippen molar-refractivity contribution in [3.63, 3.8) is 0 Å². The Balaban J connectivity index is 0.000000183. The molecule has 2 saturated heterocycles. The Labute approximate surface area is 443 Å². The number of aliphatic hydroxyl groups excluding tert-OH is 1. The average molecular weight is 1110 g/mol. The summed E-state index contributed by atoms with van der Waals surface area (Å²) < 4.78 is 32.5. The minimum absolute atomic E-state index is 0. The monoisotopic (exact) mass is 1100 g/mol. The molecule has 72 heavy (non-hydrogen) atoms. The predicted octanol–water partition coefficient (Wildman–Crippen LogP) is 12.0. The maximum Gasteiger partial charge on any atom is 0.159 e. The van der Waals surface area contributed by atoms with Gasteiger partial charge in [-0.3, -0.25) is 14.5 Å². The van der Waals surface area contributed by atoms with Crippen molar-refractivity contribution in [2.24, 2.45) is 10.8 Å². The number of rotatable bonds is 15. The smallest absolute Gasteiger partial charge is 0.159 e. The van der Waals surface area contributed by atoms with Gasteiger partial charge in [-0.25, -0.2) is 28.7 Å². The molecule has 10 rings (SSSR count). The molecule has 4 aliphatic rings. The maximum atomic E-state index is 13.5. The Hall–Kier alpha value is -5.13. The van der Waals surface area contributed by atoms with E-state index in [-0.39, 0.29) is 53.5 Å². The van der Waals surface area contributed by atoms with Gasteiger partial charge in [0.05, 0.1) is 34.8 Å². The van der Waals surface area contributed by atoms with Crippen LogP contribution in [0.25, 0.3) is 21.8 Å². The van der Waals surface area contributed by atoms with Crippen LogP contribution in [-0.2, 0) is 29.0 Å². The van der Waals surface area contributed by atoms with Gasteiger partial charge in [0.2, 0.25) is 0 Å². The lowest BCUT2D eigenvalue weighted by atomic mass is 9.78. The third kappa shape index (κ3) is 13.7. The van der Waals surface area contributed by atoms with Gasteiger partial charge in [-0.1, -0.05) is 77.0 Å². The number of carbonyl (C=O) groups is 2. The summed E-state index contributed by atoms with van der Waals surface area (Å²) in [5, 5.41) is 21.3. The third-order valence-electron chi connectivity index (χ3n) is 13.8. The molecule has 2 aliphatic carbocycles. The number of ether oxygens (including phenoxy) is 1. The Bertz CT molecular complexity index is 2940. The highest BCUT2D eigenvalue weighted by Crippen LogP contribution is 2.45. The highest BCUT2D eigenvalue weighted by Gasteiger charge is 2.44. The normalized spacial score (nSPS) is 16.4. The van der Waals surface area contributed by atoms with Crippen LogP contribution in [0.5, 0.6) is 5.75 Å². The van der Waals surface area contributed by atoms with Gasteiger partial charge < -0.3 is 25.8 Å². The fourth-order valence-corrected chi connectivity index (χ4v) is 10.6. The summed E-state index contributed by atoms with van der Waals surface area (Å²) in [6.07, 6.45) is 21.4. The van der Waals surface area contributed by atoms with Crippen molar-refractivity contribution in [1.29, 1.82) is 0 Å². The summed E-state index contributed by atoms with van der Waals surface area (Å²) in [5.74, 6) is 0.547. The Morgan fingerprint density at radius 2 is 1.25 bits per heavy atom. The van der Waals surface area contributed by atoms with Gasteiger partial charge in [0.25, 0.3) is 0 Å². The second-order valence-corrected chi connectivity index (χ2v) is 20.3. The van der Waals surface area contributed by atoms with Gasteiger partial charge >= 0.3 is 0 Å². The van der Waals surface area contributed by atoms with Gasteiger partial charge in [-0.2, -0.15) is 0 Å². The number of benzene rings is 4. The van der Waals surface area contributed by atoms with E-state index < -0.39 is 11.6 Å². The first-order valence-corrected chi connectivity index (χ1v) is 25.8. The summed E-state index contributed by atoms with van der Waals surface area (Å²) in [4.78, 5) is 44.5. The minimum atomic E-state index is -0.510. The highest BCUT2D eigenvalue weighted by molar-refractivity contribution is 9.09. The van der Waals surface area contributed by atoms with Gasteiger partial charge in [0, 0.05) is 84.7 Å². The number of fused-ring (bicyclic) bond motifs is 2. The number of anilines is 4. The van der Waals surface area contributed by atoms with Gasteiger partial charge in [-0.15, -0.1) is 12.4 Å². The van der Waals surface area contributed by atoms with Crippen molar-refractivity contribution in [3.8, 4) is 5.75 Å². The number of alkyl halides is 1. The molecular formula is C54H58BrCl3F2N8O4. The van der Waals surface area contributed by atoms with E-state index in [0.717, 1.165) is 36.0 Å². The van der Waals surface area contributed by atoms with Crippen LogP contribution >= 0.6 is 51.5 Å². The molecule has 2 spiro atoms. The van der Waals surface area contributed by atoms with Crippen molar-refractivity contribution >= 4 is 108 Å². The quantitative estimate of drug-likeness (QED) is 0.0571. The lowest BCUT2D eigenvalue weighted by Crippen LogP contribution is -2.54. The Morgan fingerprint density at radius 1 is 0.736 bits per heavy atom. The molecule has 2 aliphatic heterocycles. The molecule has 380 valence electrons. The summed E-state index contributed by atoms with van der Waals surface area (Å²) in [6.45, 7) is 5.53. The lowest BCUT2D eigenvalue weighted by Gasteiger charge is -2.48. The minimum Gasteiger partial charge on any atom is -0.496 e. The molecule has 0 unspecified atom stereocenters. The predicted molar refractivity (Wildman–Crippen MR) is 289 cm³/mol. The molecule has 18 heteroatoms. The van der Waals surface area contributed by atoms with E-state index in [2.05, 4.69) is 56.7 Å². The Kier molecular flexibility index (Phi) is 19.1. The maximum absolute atomic E-state index is 13.5. The molecule has 6 aromatic rings. The van der Waals surface area contributed by atoms with Crippen LogP contribution in [0, 0.1) is 22.5 Å². The number of aliphatic hydroxyl groups is 1. The average Bonchev–Trinajstić information content (AvgIpc) is 4.06. The van der Waals surface area contributed by atoms with Crippen LogP contribution in [0.1, 0.15) is 68.1 Å². The van der Waals surface area contributed by atoms with Crippen LogP contribution in [0.3, 0.4) is 0 Å². The number of nitrogens with one attached hydrogen (secondary N) is 3. The van der Waals surface area contributed by atoms with Crippen LogP contribution in [0.15, 0.2) is 97.6 Å². The lowest BCUT2D eigenvalue weighted by molar-refractivity contribution is -0.114. The zero-order valence-electron chi connectivity index (χ0n) is 40.0. The number of halogens is 6. The summed E-state index contributed by atoms with van der Waals surface area (Å²) in [6, 6.07) is 15.8. The van der Waals surface area contributed by atoms with Gasteiger partial charge in [0.15, 0.2) is 11.6 Å². The zero-order valence-corrected chi connectivity index (χ0v) is 43.9. The second-order valence-electron chi connectivity index (χ2n) is 18.9. The molecule has 0 radical (unpaired) electrons. The molecule has 2 saturated carbocycles. The van der Waals surface area contributed by atoms with Crippen molar-refractivity contribution in [2.75, 3.05) is 55.8 Å². The number of nitrogens with zero attached hydrogens (tertiary/aromatic N) is 5. The van der Waals surface area contributed by atoms with Crippen LogP contribution < -0.4 is 20.7 Å². The van der Waals surface area contributed by atoms with Gasteiger partial charge in [-0.05, 0) is 114 Å². The van der Waals surface area contributed by atoms with Crippen molar-refractivity contribution in [1.82, 2.24) is 30.2 Å². The third-order valence-corrected chi connectivity index (χ3v) is 14.7. The number of methoxy groups -OCH3 is 1. The molecular weight excluding hydrogens is 1050 g/mol. The molecule has 4 aromatic carbocycles. The van der Waals surface area contributed by atoms with Gasteiger partial charge in [0.1, 0.15) is 41.7 Å². The molecule has 12 nitrogen and oxygen atoms in total. The first kappa shape index (κ1) is 54.6. The van der Waals surface area contributed by atoms with Crippen LogP contribution in [0.2, 0.25) is 10.0 Å². The zero-order chi connectivity index (χ0) is 50.0. The molecule has 0 atom stereocenters. The molecule has 4 N–H and O–H groups in total. The number of aromatic nitrogens is 4. The summed E-state index contributed by atoms with van der Waals surface area (Å²) in [7, 11) is 1.58. The number of allylic oxidation sites excluding steroid dienone is 3. The number of hydrogen-bond acceptors (Lipinski definition) is 12. The molecule has 0 amide bonds. The SMILES string of the molecule is C1CCC2(C1)CNC2.COc1cc2ncnc(Nc3ccc(F)c(Cl)c3)c2cc1CC(=O)/C=C/CN1CC2(CCCC2)C1.Cl.O=C(/C=C/CBr)Cc1cc2c(Nc3ccc(F)c(Cl)c3)ncnc2cc1CO. The van der Waals surface area contributed by atoms with Crippen molar-refractivity contribution < 1.29 is 28.2 Å². The number of ketones is 2. The summed E-state index contributed by atoms with van der Waals surface area (Å²) in [5.41, 5.74) is 5.87. The standard InChI is InChI=1S/C27H28ClFN4O2.C20H16BrClFN3O2.C7H13N.ClH/c1-35-25-14-24-21(26(31-17-30-24)32-19-6-7-23(29)22(28)13-19)12-18(25)11-20(34)5-4-10-33-15-27(16-33)8-2-3-9-27;21-5-1-2-15(28)6-12-7-16-19(8-13(12)10-27)24-11-25-20(16)26-14-3-4-18(23)17(22)9-14;1-2-4-7(3-1)5-8-6-7;/h4-7,12-14,17H,2-3,8-11,15-16H2,1H3,(H,30,31,32);1-4,7-9,11,27H,5-6,10H2,(H,24,25,26);8H,1-6H2;1H/b5-4+;2-1+;;.